The molecule has 0 aliphatic rings. The molecule has 1 aromatic heterocycles. The van der Waals surface area contributed by atoms with Crippen LogP contribution < -0.4 is 5.32 Å². The van der Waals surface area contributed by atoms with Crippen molar-refractivity contribution >= 4 is 38.8 Å². The summed E-state index contributed by atoms with van der Waals surface area (Å²) in [7, 11) is 0. The zero-order chi connectivity index (χ0) is 19.4. The molecule has 7 heteroatoms. The Hall–Kier alpha value is -2.25. The fourth-order valence-electron chi connectivity index (χ4n) is 3.02. The number of nitrogens with zero attached hydrogens (tertiary/aromatic N) is 3. The van der Waals surface area contributed by atoms with E-state index in [0.717, 1.165) is 30.7 Å². The number of halogens is 2. The molecule has 2 aromatic carbocycles. The maximum absolute atomic E-state index is 13.6. The quantitative estimate of drug-likeness (QED) is 0.596. The lowest BCUT2D eigenvalue weighted by molar-refractivity contribution is 0.102. The number of carbonyl (C=O) groups is 1. The van der Waals surface area contributed by atoms with Crippen molar-refractivity contribution in [3.05, 3.63) is 58.3 Å². The van der Waals surface area contributed by atoms with Crippen molar-refractivity contribution in [1.29, 1.82) is 0 Å². The van der Waals surface area contributed by atoms with E-state index >= 15 is 0 Å². The van der Waals surface area contributed by atoms with Gasteiger partial charge in [0, 0.05) is 17.6 Å². The Bertz CT molecular complexity index is 952. The molecule has 0 radical (unpaired) electrons. The van der Waals surface area contributed by atoms with Crippen LogP contribution in [0.1, 0.15) is 24.2 Å². The van der Waals surface area contributed by atoms with Crippen molar-refractivity contribution in [3.8, 4) is 0 Å². The molecule has 1 amide bonds. The van der Waals surface area contributed by atoms with Gasteiger partial charge in [0.05, 0.1) is 16.6 Å². The average Bonchev–Trinajstić information content (AvgIpc) is 3.01. The van der Waals surface area contributed by atoms with Crippen LogP contribution in [0.3, 0.4) is 0 Å². The van der Waals surface area contributed by atoms with E-state index in [1.165, 1.54) is 18.2 Å². The van der Waals surface area contributed by atoms with Crippen molar-refractivity contribution in [2.24, 2.45) is 0 Å². The van der Waals surface area contributed by atoms with E-state index in [9.17, 15) is 9.18 Å². The predicted molar refractivity (Wildman–Crippen MR) is 110 cm³/mol. The van der Waals surface area contributed by atoms with Crippen LogP contribution in [0.5, 0.6) is 0 Å². The number of para-hydroxylation sites is 2. The van der Waals surface area contributed by atoms with Gasteiger partial charge in [-0.05, 0) is 59.4 Å². The van der Waals surface area contributed by atoms with Gasteiger partial charge in [0.25, 0.3) is 5.91 Å². The van der Waals surface area contributed by atoms with Crippen molar-refractivity contribution in [2.75, 3.05) is 25.0 Å². The number of aromatic nitrogens is 2. The molecule has 0 saturated heterocycles. The number of hydrogen-bond acceptors (Lipinski definition) is 3. The summed E-state index contributed by atoms with van der Waals surface area (Å²) in [5, 5.41) is 2.84. The summed E-state index contributed by atoms with van der Waals surface area (Å²) in [4.78, 5) is 19.6. The highest BCUT2D eigenvalue weighted by Gasteiger charge is 2.17. The van der Waals surface area contributed by atoms with Crippen LogP contribution in [0, 0.1) is 5.82 Å². The maximum Gasteiger partial charge on any atom is 0.259 e. The molecule has 142 valence electrons. The standard InChI is InChI=1S/C20H22BrFN4O/c1-3-25(4-2)11-12-26-18-8-6-5-7-17(18)23-20(26)24-19(27)15-13-14(22)9-10-16(15)21/h5-10,13H,3-4,11-12H2,1-2H3,(H,23,24,27). The lowest BCUT2D eigenvalue weighted by Crippen LogP contribution is -2.27. The largest absolute Gasteiger partial charge is 0.309 e. The van der Waals surface area contributed by atoms with Crippen LogP contribution in [-0.2, 0) is 6.54 Å². The summed E-state index contributed by atoms with van der Waals surface area (Å²) in [5.74, 6) is -0.399. The second kappa shape index (κ2) is 8.63. The molecule has 1 N–H and O–H groups in total. The normalized spacial score (nSPS) is 11.3. The number of fused-ring (bicyclic) bond motifs is 1. The monoisotopic (exact) mass is 432 g/mol. The predicted octanol–water partition coefficient (Wildman–Crippen LogP) is 4.53. The first-order chi connectivity index (χ1) is 13.0. The van der Waals surface area contributed by atoms with Gasteiger partial charge in [-0.25, -0.2) is 9.37 Å². The van der Waals surface area contributed by atoms with E-state index in [4.69, 9.17) is 0 Å². The zero-order valence-corrected chi connectivity index (χ0v) is 17.0. The number of carbonyl (C=O) groups excluding carboxylic acids is 1. The van der Waals surface area contributed by atoms with E-state index < -0.39 is 11.7 Å². The van der Waals surface area contributed by atoms with Gasteiger partial charge in [-0.3, -0.25) is 10.1 Å². The van der Waals surface area contributed by atoms with Crippen LogP contribution in [0.25, 0.3) is 11.0 Å². The third-order valence-electron chi connectivity index (χ3n) is 4.59. The minimum atomic E-state index is -0.460. The Morgan fingerprint density at radius 1 is 1.22 bits per heavy atom. The first kappa shape index (κ1) is 19.5. The number of imidazole rings is 1. The smallest absolute Gasteiger partial charge is 0.259 e. The molecular weight excluding hydrogens is 411 g/mol. The highest BCUT2D eigenvalue weighted by molar-refractivity contribution is 9.10. The van der Waals surface area contributed by atoms with Gasteiger partial charge in [-0.2, -0.15) is 0 Å². The zero-order valence-electron chi connectivity index (χ0n) is 15.4. The lowest BCUT2D eigenvalue weighted by Gasteiger charge is -2.19. The highest BCUT2D eigenvalue weighted by atomic mass is 79.9. The van der Waals surface area contributed by atoms with Gasteiger partial charge >= 0.3 is 0 Å². The van der Waals surface area contributed by atoms with Gasteiger partial charge in [0.2, 0.25) is 5.95 Å². The molecule has 0 atom stereocenters. The van der Waals surface area contributed by atoms with Crippen molar-refractivity contribution < 1.29 is 9.18 Å². The van der Waals surface area contributed by atoms with Crippen LogP contribution in [0.15, 0.2) is 46.9 Å². The first-order valence-electron chi connectivity index (χ1n) is 8.97. The van der Waals surface area contributed by atoms with Crippen LogP contribution in [0.4, 0.5) is 10.3 Å². The molecule has 0 fully saturated rings. The molecule has 3 aromatic rings. The van der Waals surface area contributed by atoms with Crippen LogP contribution in [0.2, 0.25) is 0 Å². The van der Waals surface area contributed by atoms with E-state index in [-0.39, 0.29) is 5.56 Å². The molecule has 0 bridgehead atoms. The number of anilines is 1. The Morgan fingerprint density at radius 3 is 2.70 bits per heavy atom. The number of rotatable bonds is 7. The van der Waals surface area contributed by atoms with E-state index in [2.05, 4.69) is 45.0 Å². The summed E-state index contributed by atoms with van der Waals surface area (Å²) >= 11 is 3.30. The second-order valence-corrected chi connectivity index (χ2v) is 7.04. The Balaban J connectivity index is 1.92. The van der Waals surface area contributed by atoms with E-state index in [1.807, 2.05) is 28.8 Å². The van der Waals surface area contributed by atoms with Gasteiger partial charge < -0.3 is 9.47 Å². The Kier molecular flexibility index (Phi) is 6.23. The van der Waals surface area contributed by atoms with Gasteiger partial charge in [-0.15, -0.1) is 0 Å². The summed E-state index contributed by atoms with van der Waals surface area (Å²) in [6, 6.07) is 11.8. The van der Waals surface area contributed by atoms with E-state index in [1.54, 1.807) is 0 Å². The topological polar surface area (TPSA) is 50.2 Å². The fraction of sp³-hybridized carbons (Fsp3) is 0.300. The number of benzene rings is 2. The molecular formula is C20H22BrFN4O. The number of amides is 1. The molecule has 0 spiro atoms. The molecule has 0 aliphatic carbocycles. The van der Waals surface area contributed by atoms with Crippen LogP contribution >= 0.6 is 15.9 Å². The van der Waals surface area contributed by atoms with Gasteiger partial charge in [-0.1, -0.05) is 26.0 Å². The van der Waals surface area contributed by atoms with Crippen LogP contribution in [-0.4, -0.2) is 40.0 Å². The molecule has 0 unspecified atom stereocenters. The molecule has 0 saturated carbocycles. The molecule has 0 aliphatic heterocycles. The van der Waals surface area contributed by atoms with Gasteiger partial charge in [0.1, 0.15) is 5.82 Å². The summed E-state index contributed by atoms with van der Waals surface area (Å²) in [6.45, 7) is 7.71. The number of nitrogens with one attached hydrogen (secondary N) is 1. The number of likely N-dealkylation sites (N-methyl/N-ethyl adjacent to an activating group) is 1. The molecule has 5 nitrogen and oxygen atoms in total. The maximum atomic E-state index is 13.6. The fourth-order valence-corrected chi connectivity index (χ4v) is 3.45. The van der Waals surface area contributed by atoms with Crippen molar-refractivity contribution in [2.45, 2.75) is 20.4 Å². The minimum absolute atomic E-state index is 0.234. The van der Waals surface area contributed by atoms with E-state index in [0.29, 0.717) is 17.0 Å². The van der Waals surface area contributed by atoms with Crippen molar-refractivity contribution in [3.63, 3.8) is 0 Å². The molecule has 1 heterocycles. The second-order valence-electron chi connectivity index (χ2n) is 6.18. The molecule has 27 heavy (non-hydrogen) atoms. The lowest BCUT2D eigenvalue weighted by atomic mass is 10.2. The Morgan fingerprint density at radius 2 is 1.96 bits per heavy atom. The average molecular weight is 433 g/mol. The highest BCUT2D eigenvalue weighted by Crippen LogP contribution is 2.22. The summed E-state index contributed by atoms with van der Waals surface area (Å²) in [6.07, 6.45) is 0. The molecule has 3 rings (SSSR count). The Labute approximate surface area is 166 Å². The third kappa shape index (κ3) is 4.36. The SMILES string of the molecule is CCN(CC)CCn1c(NC(=O)c2cc(F)ccc2Br)nc2ccccc21. The first-order valence-corrected chi connectivity index (χ1v) is 9.76. The van der Waals surface area contributed by atoms with Gasteiger partial charge in [0.15, 0.2) is 0 Å². The third-order valence-corrected chi connectivity index (χ3v) is 5.28. The minimum Gasteiger partial charge on any atom is -0.309 e. The van der Waals surface area contributed by atoms with Crippen molar-refractivity contribution in [1.82, 2.24) is 14.5 Å². The summed E-state index contributed by atoms with van der Waals surface area (Å²) in [5.41, 5.74) is 2.00. The number of hydrogen-bond donors (Lipinski definition) is 1. The summed E-state index contributed by atoms with van der Waals surface area (Å²) < 4.78 is 16.1.